The van der Waals surface area contributed by atoms with Crippen LogP contribution in [0.3, 0.4) is 0 Å². The molecule has 0 aliphatic heterocycles. The highest BCUT2D eigenvalue weighted by Gasteiger charge is 2.10. The van der Waals surface area contributed by atoms with E-state index in [0.717, 1.165) is 15.8 Å². The number of pyridine rings is 1. The van der Waals surface area contributed by atoms with Gasteiger partial charge in [-0.05, 0) is 28.1 Å². The third-order valence-electron chi connectivity index (χ3n) is 2.12. The van der Waals surface area contributed by atoms with E-state index in [2.05, 4.69) is 31.1 Å². The molecule has 16 heavy (non-hydrogen) atoms. The van der Waals surface area contributed by atoms with E-state index in [1.165, 1.54) is 11.3 Å². The standard InChI is InChI=1S/C9H6BrN5S/c10-5-1-2-7-13-14-8(15(7)3-5)6-4-16-9(11)12-6/h1-4H,(H2,11,12). The van der Waals surface area contributed by atoms with Gasteiger partial charge in [-0.1, -0.05) is 0 Å². The molecule has 3 aromatic heterocycles. The monoisotopic (exact) mass is 295 g/mol. The van der Waals surface area contributed by atoms with Gasteiger partial charge in [0.05, 0.1) is 0 Å². The number of rotatable bonds is 1. The van der Waals surface area contributed by atoms with Crippen LogP contribution in [-0.4, -0.2) is 19.6 Å². The molecule has 2 N–H and O–H groups in total. The van der Waals surface area contributed by atoms with E-state index in [-0.39, 0.29) is 0 Å². The summed E-state index contributed by atoms with van der Waals surface area (Å²) in [6.45, 7) is 0. The summed E-state index contributed by atoms with van der Waals surface area (Å²) in [5.41, 5.74) is 7.13. The van der Waals surface area contributed by atoms with Gasteiger partial charge in [0.2, 0.25) is 0 Å². The van der Waals surface area contributed by atoms with Gasteiger partial charge in [0, 0.05) is 16.0 Å². The molecule has 0 spiro atoms. The molecule has 0 aliphatic rings. The maximum Gasteiger partial charge on any atom is 0.187 e. The van der Waals surface area contributed by atoms with Crippen LogP contribution < -0.4 is 5.73 Å². The summed E-state index contributed by atoms with van der Waals surface area (Å²) < 4.78 is 2.84. The molecule has 0 fully saturated rings. The van der Waals surface area contributed by atoms with Crippen molar-refractivity contribution >= 4 is 38.0 Å². The van der Waals surface area contributed by atoms with Crippen molar-refractivity contribution < 1.29 is 0 Å². The van der Waals surface area contributed by atoms with Crippen LogP contribution in [0.15, 0.2) is 28.2 Å². The summed E-state index contributed by atoms with van der Waals surface area (Å²) in [5.74, 6) is 0.698. The van der Waals surface area contributed by atoms with Crippen molar-refractivity contribution in [3.63, 3.8) is 0 Å². The molecule has 0 saturated carbocycles. The Morgan fingerprint density at radius 1 is 1.31 bits per heavy atom. The zero-order chi connectivity index (χ0) is 11.1. The minimum absolute atomic E-state index is 0.529. The molecule has 0 unspecified atom stereocenters. The van der Waals surface area contributed by atoms with E-state index < -0.39 is 0 Å². The lowest BCUT2D eigenvalue weighted by Gasteiger charge is -1.96. The predicted octanol–water partition coefficient (Wildman–Crippen LogP) is 2.20. The Bertz CT molecular complexity index is 659. The highest BCUT2D eigenvalue weighted by Crippen LogP contribution is 2.23. The third-order valence-corrected chi connectivity index (χ3v) is 3.26. The Kier molecular flexibility index (Phi) is 2.15. The van der Waals surface area contributed by atoms with E-state index in [4.69, 9.17) is 5.73 Å². The lowest BCUT2D eigenvalue weighted by Crippen LogP contribution is -1.90. The summed E-state index contributed by atoms with van der Waals surface area (Å²) in [5, 5.41) is 10.6. The maximum atomic E-state index is 5.60. The number of aromatic nitrogens is 4. The number of anilines is 1. The van der Waals surface area contributed by atoms with E-state index >= 15 is 0 Å². The van der Waals surface area contributed by atoms with Gasteiger partial charge in [-0.3, -0.25) is 4.40 Å². The Morgan fingerprint density at radius 3 is 2.94 bits per heavy atom. The Balaban J connectivity index is 2.27. The van der Waals surface area contributed by atoms with Gasteiger partial charge < -0.3 is 5.73 Å². The lowest BCUT2D eigenvalue weighted by atomic mass is 10.4. The van der Waals surface area contributed by atoms with Gasteiger partial charge in [-0.25, -0.2) is 4.98 Å². The van der Waals surface area contributed by atoms with Crippen molar-refractivity contribution in [1.82, 2.24) is 19.6 Å². The smallest absolute Gasteiger partial charge is 0.187 e. The number of halogens is 1. The maximum absolute atomic E-state index is 5.60. The van der Waals surface area contributed by atoms with Gasteiger partial charge in [0.25, 0.3) is 0 Å². The van der Waals surface area contributed by atoms with Crippen LogP contribution >= 0.6 is 27.3 Å². The predicted molar refractivity (Wildman–Crippen MR) is 66.2 cm³/mol. The number of thiazole rings is 1. The molecular weight excluding hydrogens is 290 g/mol. The molecule has 0 amide bonds. The van der Waals surface area contributed by atoms with E-state index in [1.807, 2.05) is 28.1 Å². The fourth-order valence-corrected chi connectivity index (χ4v) is 2.31. The number of fused-ring (bicyclic) bond motifs is 1. The van der Waals surface area contributed by atoms with Gasteiger partial charge >= 0.3 is 0 Å². The second-order valence-electron chi connectivity index (χ2n) is 3.17. The summed E-state index contributed by atoms with van der Waals surface area (Å²) in [7, 11) is 0. The fraction of sp³-hybridized carbons (Fsp3) is 0. The quantitative estimate of drug-likeness (QED) is 0.747. The van der Waals surface area contributed by atoms with Crippen molar-refractivity contribution in [2.45, 2.75) is 0 Å². The molecule has 5 nitrogen and oxygen atoms in total. The van der Waals surface area contributed by atoms with Crippen molar-refractivity contribution in [3.8, 4) is 11.5 Å². The molecule has 3 rings (SSSR count). The van der Waals surface area contributed by atoms with Gasteiger partial charge in [-0.15, -0.1) is 21.5 Å². The van der Waals surface area contributed by atoms with Crippen LogP contribution in [0.25, 0.3) is 17.2 Å². The molecule has 0 atom stereocenters. The van der Waals surface area contributed by atoms with Gasteiger partial charge in [-0.2, -0.15) is 0 Å². The summed E-state index contributed by atoms with van der Waals surface area (Å²) in [4.78, 5) is 4.19. The van der Waals surface area contributed by atoms with E-state index in [1.54, 1.807) is 0 Å². The molecule has 0 aromatic carbocycles. The molecule has 80 valence electrons. The number of hydrogen-bond acceptors (Lipinski definition) is 5. The van der Waals surface area contributed by atoms with Gasteiger partial charge in [0.15, 0.2) is 16.6 Å². The van der Waals surface area contributed by atoms with Crippen LogP contribution in [-0.2, 0) is 0 Å². The first-order valence-electron chi connectivity index (χ1n) is 4.46. The minimum atomic E-state index is 0.529. The molecule has 0 aliphatic carbocycles. The van der Waals surface area contributed by atoms with Crippen molar-refractivity contribution in [1.29, 1.82) is 0 Å². The topological polar surface area (TPSA) is 69.1 Å². The highest BCUT2D eigenvalue weighted by atomic mass is 79.9. The van der Waals surface area contributed by atoms with E-state index in [9.17, 15) is 0 Å². The van der Waals surface area contributed by atoms with Crippen molar-refractivity contribution in [2.24, 2.45) is 0 Å². The second-order valence-corrected chi connectivity index (χ2v) is 4.98. The first-order valence-corrected chi connectivity index (χ1v) is 6.13. The second kappa shape index (κ2) is 3.53. The van der Waals surface area contributed by atoms with Crippen LogP contribution in [0.4, 0.5) is 5.13 Å². The Morgan fingerprint density at radius 2 is 2.19 bits per heavy atom. The number of nitrogens with two attached hydrogens (primary N) is 1. The van der Waals surface area contributed by atoms with Crippen LogP contribution in [0.2, 0.25) is 0 Å². The molecular formula is C9H6BrN5S. The summed E-state index contributed by atoms with van der Waals surface area (Å²) in [6.07, 6.45) is 1.90. The van der Waals surface area contributed by atoms with Crippen LogP contribution in [0.1, 0.15) is 0 Å². The highest BCUT2D eigenvalue weighted by molar-refractivity contribution is 9.10. The summed E-state index contributed by atoms with van der Waals surface area (Å²) >= 11 is 4.80. The van der Waals surface area contributed by atoms with Crippen LogP contribution in [0, 0.1) is 0 Å². The SMILES string of the molecule is Nc1nc(-c2nnc3ccc(Br)cn23)cs1. The van der Waals surface area contributed by atoms with Crippen LogP contribution in [0.5, 0.6) is 0 Å². The van der Waals surface area contributed by atoms with E-state index in [0.29, 0.717) is 11.0 Å². The Hall–Kier alpha value is -1.47. The molecule has 3 aromatic rings. The summed E-state index contributed by atoms with van der Waals surface area (Å²) in [6, 6.07) is 3.81. The van der Waals surface area contributed by atoms with Gasteiger partial charge in [0.1, 0.15) is 5.69 Å². The van der Waals surface area contributed by atoms with Crippen molar-refractivity contribution in [2.75, 3.05) is 5.73 Å². The first kappa shape index (κ1) is 9.73. The third kappa shape index (κ3) is 1.48. The average molecular weight is 296 g/mol. The minimum Gasteiger partial charge on any atom is -0.375 e. The zero-order valence-corrected chi connectivity index (χ0v) is 10.4. The largest absolute Gasteiger partial charge is 0.375 e. The first-order chi connectivity index (χ1) is 7.74. The normalized spacial score (nSPS) is 11.1. The average Bonchev–Trinajstić information content (AvgIpc) is 2.83. The molecule has 0 saturated heterocycles. The number of nitrogen functional groups attached to an aromatic ring is 1. The number of nitrogens with zero attached hydrogens (tertiary/aromatic N) is 4. The molecule has 0 bridgehead atoms. The lowest BCUT2D eigenvalue weighted by molar-refractivity contribution is 1.10. The number of hydrogen-bond donors (Lipinski definition) is 1. The molecule has 7 heteroatoms. The van der Waals surface area contributed by atoms with Crippen molar-refractivity contribution in [3.05, 3.63) is 28.2 Å². The Labute approximate surface area is 103 Å². The molecule has 0 radical (unpaired) electrons. The fourth-order valence-electron chi connectivity index (χ4n) is 1.43. The zero-order valence-electron chi connectivity index (χ0n) is 7.96. The molecule has 3 heterocycles.